The smallest absolute Gasteiger partial charge is 0.331 e. The molecule has 0 radical (unpaired) electrons. The molecule has 0 aromatic heterocycles. The van der Waals surface area contributed by atoms with E-state index in [-0.39, 0.29) is 5.56 Å². The standard InChI is InChI=1S/C22H14F5NO4/c23-16-17(24)19(26)21(20(27)18(16)25)32-15(29)10-28-22(30)13-6-8-14(9-7-13)31-11-12-4-2-1-3-5-12/h1-9H,10-11H2,(H,28,30). The summed E-state index contributed by atoms with van der Waals surface area (Å²) >= 11 is 0. The molecule has 0 saturated heterocycles. The van der Waals surface area contributed by atoms with E-state index < -0.39 is 53.3 Å². The molecule has 3 rings (SSSR count). The normalized spacial score (nSPS) is 10.5. The zero-order valence-electron chi connectivity index (χ0n) is 16.1. The molecule has 0 saturated carbocycles. The Kier molecular flexibility index (Phi) is 7.04. The van der Waals surface area contributed by atoms with Crippen LogP contribution in [0.2, 0.25) is 0 Å². The van der Waals surface area contributed by atoms with Gasteiger partial charge in [0.1, 0.15) is 18.9 Å². The molecule has 0 aliphatic carbocycles. The molecule has 0 atom stereocenters. The maximum absolute atomic E-state index is 13.5. The maximum Gasteiger partial charge on any atom is 0.331 e. The fraction of sp³-hybridized carbons (Fsp3) is 0.0909. The first-order valence-electron chi connectivity index (χ1n) is 9.05. The summed E-state index contributed by atoms with van der Waals surface area (Å²) in [6.45, 7) is -0.569. The van der Waals surface area contributed by atoms with Gasteiger partial charge in [-0.05, 0) is 29.8 Å². The molecule has 0 aliphatic rings. The van der Waals surface area contributed by atoms with E-state index in [1.54, 1.807) is 0 Å². The number of hydrogen-bond donors (Lipinski definition) is 1. The number of carbonyl (C=O) groups is 2. The number of rotatable bonds is 7. The van der Waals surface area contributed by atoms with Crippen LogP contribution in [0.25, 0.3) is 0 Å². The molecule has 3 aromatic rings. The highest BCUT2D eigenvalue weighted by Crippen LogP contribution is 2.29. The van der Waals surface area contributed by atoms with Gasteiger partial charge in [0.2, 0.25) is 34.8 Å². The molecule has 32 heavy (non-hydrogen) atoms. The summed E-state index contributed by atoms with van der Waals surface area (Å²) in [5.74, 6) is -14.9. The lowest BCUT2D eigenvalue weighted by Crippen LogP contribution is -2.32. The maximum atomic E-state index is 13.5. The summed E-state index contributed by atoms with van der Waals surface area (Å²) in [6, 6.07) is 15.2. The Morgan fingerprint density at radius 1 is 0.750 bits per heavy atom. The highest BCUT2D eigenvalue weighted by atomic mass is 19.2. The predicted molar refractivity (Wildman–Crippen MR) is 101 cm³/mol. The number of nitrogens with one attached hydrogen (secondary N) is 1. The third kappa shape index (κ3) is 5.20. The van der Waals surface area contributed by atoms with Crippen molar-refractivity contribution in [3.8, 4) is 11.5 Å². The summed E-state index contributed by atoms with van der Waals surface area (Å²) in [7, 11) is 0. The summed E-state index contributed by atoms with van der Waals surface area (Å²) in [4.78, 5) is 23.8. The zero-order valence-corrected chi connectivity index (χ0v) is 16.1. The molecule has 0 aliphatic heterocycles. The number of hydrogen-bond acceptors (Lipinski definition) is 4. The van der Waals surface area contributed by atoms with Crippen LogP contribution in [0.3, 0.4) is 0 Å². The van der Waals surface area contributed by atoms with Crippen molar-refractivity contribution in [1.82, 2.24) is 5.32 Å². The van der Waals surface area contributed by atoms with E-state index in [4.69, 9.17) is 4.74 Å². The fourth-order valence-corrected chi connectivity index (χ4v) is 2.52. The molecule has 0 fully saturated rings. The molecule has 166 valence electrons. The van der Waals surface area contributed by atoms with Crippen molar-refractivity contribution in [3.63, 3.8) is 0 Å². The lowest BCUT2D eigenvalue weighted by molar-refractivity contribution is -0.133. The van der Waals surface area contributed by atoms with Gasteiger partial charge in [0.15, 0.2) is 0 Å². The van der Waals surface area contributed by atoms with Gasteiger partial charge in [-0.1, -0.05) is 30.3 Å². The molecule has 0 bridgehead atoms. The van der Waals surface area contributed by atoms with E-state index in [0.29, 0.717) is 12.4 Å². The summed E-state index contributed by atoms with van der Waals surface area (Å²) in [5, 5.41) is 2.12. The van der Waals surface area contributed by atoms with Crippen LogP contribution in [-0.4, -0.2) is 18.4 Å². The van der Waals surface area contributed by atoms with Gasteiger partial charge in [0, 0.05) is 5.56 Å². The SMILES string of the molecule is O=C(CNC(=O)c1ccc(OCc2ccccc2)cc1)Oc1c(F)c(F)c(F)c(F)c1F. The van der Waals surface area contributed by atoms with E-state index in [1.165, 1.54) is 24.3 Å². The highest BCUT2D eigenvalue weighted by molar-refractivity contribution is 5.96. The van der Waals surface area contributed by atoms with Crippen molar-refractivity contribution in [2.75, 3.05) is 6.54 Å². The highest BCUT2D eigenvalue weighted by Gasteiger charge is 2.28. The van der Waals surface area contributed by atoms with Crippen molar-refractivity contribution in [3.05, 3.63) is 94.8 Å². The number of amides is 1. The first kappa shape index (κ1) is 22.7. The van der Waals surface area contributed by atoms with E-state index >= 15 is 0 Å². The lowest BCUT2D eigenvalue weighted by Gasteiger charge is -2.10. The van der Waals surface area contributed by atoms with Crippen LogP contribution in [0.5, 0.6) is 11.5 Å². The molecular formula is C22H14F5NO4. The third-order valence-corrected chi connectivity index (χ3v) is 4.14. The van der Waals surface area contributed by atoms with Gasteiger partial charge in [-0.15, -0.1) is 0 Å². The Morgan fingerprint density at radius 2 is 1.31 bits per heavy atom. The van der Waals surface area contributed by atoms with Crippen molar-refractivity contribution < 1.29 is 41.0 Å². The van der Waals surface area contributed by atoms with Crippen LogP contribution in [0, 0.1) is 29.1 Å². The second-order valence-electron chi connectivity index (χ2n) is 6.35. The molecular weight excluding hydrogens is 437 g/mol. The number of carbonyl (C=O) groups excluding carboxylic acids is 2. The number of benzene rings is 3. The Hall–Kier alpha value is -3.95. The predicted octanol–water partition coefficient (Wildman–Crippen LogP) is 4.30. The fourth-order valence-electron chi connectivity index (χ4n) is 2.52. The average molecular weight is 451 g/mol. The number of ether oxygens (including phenoxy) is 2. The number of esters is 1. The van der Waals surface area contributed by atoms with E-state index in [9.17, 15) is 31.5 Å². The van der Waals surface area contributed by atoms with Gasteiger partial charge in [-0.3, -0.25) is 4.79 Å². The molecule has 1 amide bonds. The topological polar surface area (TPSA) is 64.6 Å². The molecule has 5 nitrogen and oxygen atoms in total. The van der Waals surface area contributed by atoms with E-state index in [1.807, 2.05) is 30.3 Å². The van der Waals surface area contributed by atoms with Crippen molar-refractivity contribution in [1.29, 1.82) is 0 Å². The van der Waals surface area contributed by atoms with Crippen molar-refractivity contribution >= 4 is 11.9 Å². The largest absolute Gasteiger partial charge is 0.489 e. The molecule has 3 aromatic carbocycles. The lowest BCUT2D eigenvalue weighted by atomic mass is 10.2. The van der Waals surface area contributed by atoms with Gasteiger partial charge in [0.25, 0.3) is 5.91 Å². The third-order valence-electron chi connectivity index (χ3n) is 4.14. The Balaban J connectivity index is 1.55. The first-order chi connectivity index (χ1) is 15.3. The van der Waals surface area contributed by atoms with Crippen LogP contribution in [0.15, 0.2) is 54.6 Å². The second-order valence-corrected chi connectivity index (χ2v) is 6.35. The van der Waals surface area contributed by atoms with Gasteiger partial charge in [-0.25, -0.2) is 18.0 Å². The summed E-state index contributed by atoms with van der Waals surface area (Å²) < 4.78 is 76.1. The quantitative estimate of drug-likeness (QED) is 0.191. The van der Waals surface area contributed by atoms with Crippen LogP contribution in [-0.2, 0) is 11.4 Å². The monoisotopic (exact) mass is 451 g/mol. The minimum atomic E-state index is -2.38. The van der Waals surface area contributed by atoms with Crippen LogP contribution in [0.4, 0.5) is 22.0 Å². The first-order valence-corrected chi connectivity index (χ1v) is 9.05. The minimum absolute atomic E-state index is 0.126. The molecule has 0 heterocycles. The molecule has 1 N–H and O–H groups in total. The van der Waals surface area contributed by atoms with Crippen LogP contribution >= 0.6 is 0 Å². The van der Waals surface area contributed by atoms with E-state index in [0.717, 1.165) is 5.56 Å². The van der Waals surface area contributed by atoms with Gasteiger partial charge in [0.05, 0.1) is 0 Å². The van der Waals surface area contributed by atoms with Gasteiger partial charge >= 0.3 is 5.97 Å². The zero-order chi connectivity index (χ0) is 23.3. The number of halogens is 5. The molecule has 10 heteroatoms. The Bertz CT molecular complexity index is 1110. The van der Waals surface area contributed by atoms with E-state index in [2.05, 4.69) is 10.1 Å². The molecule has 0 unspecified atom stereocenters. The van der Waals surface area contributed by atoms with Crippen LogP contribution in [0.1, 0.15) is 15.9 Å². The Morgan fingerprint density at radius 3 is 1.91 bits per heavy atom. The average Bonchev–Trinajstić information content (AvgIpc) is 2.82. The van der Waals surface area contributed by atoms with Gasteiger partial charge < -0.3 is 14.8 Å². The Labute approximate surface area is 178 Å². The summed E-state index contributed by atoms with van der Waals surface area (Å²) in [5.41, 5.74) is 1.07. The van der Waals surface area contributed by atoms with Crippen molar-refractivity contribution in [2.45, 2.75) is 6.61 Å². The van der Waals surface area contributed by atoms with Gasteiger partial charge in [-0.2, -0.15) is 8.78 Å². The van der Waals surface area contributed by atoms with Crippen molar-refractivity contribution in [2.24, 2.45) is 0 Å². The summed E-state index contributed by atoms with van der Waals surface area (Å²) in [6.07, 6.45) is 0. The molecule has 0 spiro atoms. The van der Waals surface area contributed by atoms with Crippen LogP contribution < -0.4 is 14.8 Å². The minimum Gasteiger partial charge on any atom is -0.489 e. The second kappa shape index (κ2) is 9.90.